The zero-order valence-corrected chi connectivity index (χ0v) is 14.5. The average Bonchev–Trinajstić information content (AvgIpc) is 3.28. The smallest absolute Gasteiger partial charge is 0.254 e. The molecular formula is C18H22N6O. The van der Waals surface area contributed by atoms with Gasteiger partial charge in [-0.25, -0.2) is 4.68 Å². The van der Waals surface area contributed by atoms with E-state index < -0.39 is 0 Å². The number of para-hydroxylation sites is 1. The van der Waals surface area contributed by atoms with E-state index in [1.54, 1.807) is 12.5 Å². The van der Waals surface area contributed by atoms with Gasteiger partial charge in [0.2, 0.25) is 0 Å². The molecule has 0 saturated heterocycles. The van der Waals surface area contributed by atoms with Gasteiger partial charge < -0.3 is 9.88 Å². The van der Waals surface area contributed by atoms with Crippen molar-refractivity contribution in [1.29, 1.82) is 0 Å². The quantitative estimate of drug-likeness (QED) is 0.715. The molecule has 130 valence electrons. The SMILES string of the molecule is CCc1nncn1CCNC(=O)c1cnn(-c2ccccc2)c1CC. The fourth-order valence-corrected chi connectivity index (χ4v) is 2.82. The van der Waals surface area contributed by atoms with Gasteiger partial charge in [0.05, 0.1) is 23.1 Å². The minimum Gasteiger partial charge on any atom is -0.350 e. The highest BCUT2D eigenvalue weighted by Crippen LogP contribution is 2.15. The van der Waals surface area contributed by atoms with Gasteiger partial charge in [-0.3, -0.25) is 4.79 Å². The van der Waals surface area contributed by atoms with E-state index in [-0.39, 0.29) is 5.91 Å². The molecule has 0 atom stereocenters. The molecule has 2 heterocycles. The van der Waals surface area contributed by atoms with Crippen molar-refractivity contribution in [1.82, 2.24) is 29.9 Å². The van der Waals surface area contributed by atoms with Crippen molar-refractivity contribution in [3.05, 3.63) is 59.9 Å². The van der Waals surface area contributed by atoms with Crippen LogP contribution in [0.1, 0.15) is 35.7 Å². The monoisotopic (exact) mass is 338 g/mol. The fourth-order valence-electron chi connectivity index (χ4n) is 2.82. The predicted molar refractivity (Wildman–Crippen MR) is 94.7 cm³/mol. The Hall–Kier alpha value is -2.96. The molecule has 0 bridgehead atoms. The first-order chi connectivity index (χ1) is 12.2. The molecule has 1 N–H and O–H groups in total. The van der Waals surface area contributed by atoms with Gasteiger partial charge in [0.25, 0.3) is 5.91 Å². The van der Waals surface area contributed by atoms with E-state index in [1.165, 1.54) is 0 Å². The number of nitrogens with one attached hydrogen (secondary N) is 1. The summed E-state index contributed by atoms with van der Waals surface area (Å²) in [5.41, 5.74) is 2.48. The van der Waals surface area contributed by atoms with Crippen molar-refractivity contribution in [2.24, 2.45) is 0 Å². The Morgan fingerprint density at radius 1 is 1.16 bits per heavy atom. The lowest BCUT2D eigenvalue weighted by Gasteiger charge is -2.09. The molecular weight excluding hydrogens is 316 g/mol. The van der Waals surface area contributed by atoms with Crippen LogP contribution in [0.2, 0.25) is 0 Å². The standard InChI is InChI=1S/C18H22N6O/c1-3-16-15(12-21-24(16)14-8-6-5-7-9-14)18(25)19-10-11-23-13-20-22-17(23)4-2/h5-9,12-13H,3-4,10-11H2,1-2H3,(H,19,25). The summed E-state index contributed by atoms with van der Waals surface area (Å²) < 4.78 is 3.78. The third kappa shape index (κ3) is 3.60. The van der Waals surface area contributed by atoms with Crippen LogP contribution < -0.4 is 5.32 Å². The molecule has 0 fully saturated rings. The van der Waals surface area contributed by atoms with E-state index in [9.17, 15) is 4.79 Å². The molecule has 0 spiro atoms. The minimum absolute atomic E-state index is 0.106. The van der Waals surface area contributed by atoms with E-state index in [4.69, 9.17) is 0 Å². The molecule has 1 amide bonds. The summed E-state index contributed by atoms with van der Waals surface area (Å²) in [5.74, 6) is 0.811. The average molecular weight is 338 g/mol. The highest BCUT2D eigenvalue weighted by molar-refractivity contribution is 5.95. The van der Waals surface area contributed by atoms with E-state index in [1.807, 2.05) is 53.4 Å². The minimum atomic E-state index is -0.106. The number of aromatic nitrogens is 5. The van der Waals surface area contributed by atoms with E-state index in [0.717, 1.165) is 30.0 Å². The van der Waals surface area contributed by atoms with Crippen LogP contribution in [-0.2, 0) is 19.4 Å². The Balaban J connectivity index is 1.69. The van der Waals surface area contributed by atoms with Crippen LogP contribution in [-0.4, -0.2) is 37.0 Å². The third-order valence-electron chi connectivity index (χ3n) is 4.10. The van der Waals surface area contributed by atoms with Crippen LogP contribution in [0, 0.1) is 0 Å². The Bertz CT molecular complexity index is 836. The first kappa shape index (κ1) is 16.9. The molecule has 0 saturated carbocycles. The van der Waals surface area contributed by atoms with Crippen molar-refractivity contribution < 1.29 is 4.79 Å². The summed E-state index contributed by atoms with van der Waals surface area (Å²) in [6.45, 7) is 5.22. The molecule has 7 nitrogen and oxygen atoms in total. The molecule has 0 unspecified atom stereocenters. The molecule has 1 aromatic carbocycles. The number of nitrogens with zero attached hydrogens (tertiary/aromatic N) is 5. The van der Waals surface area contributed by atoms with Gasteiger partial charge >= 0.3 is 0 Å². The van der Waals surface area contributed by atoms with Crippen molar-refractivity contribution in [3.8, 4) is 5.69 Å². The molecule has 0 aliphatic carbocycles. The van der Waals surface area contributed by atoms with Crippen LogP contribution in [0.25, 0.3) is 5.69 Å². The van der Waals surface area contributed by atoms with Crippen molar-refractivity contribution in [2.45, 2.75) is 33.2 Å². The van der Waals surface area contributed by atoms with Crippen molar-refractivity contribution in [2.75, 3.05) is 6.54 Å². The first-order valence-corrected chi connectivity index (χ1v) is 8.51. The molecule has 25 heavy (non-hydrogen) atoms. The maximum absolute atomic E-state index is 12.5. The summed E-state index contributed by atoms with van der Waals surface area (Å²) in [6, 6.07) is 9.83. The van der Waals surface area contributed by atoms with Gasteiger partial charge in [0, 0.05) is 19.5 Å². The summed E-state index contributed by atoms with van der Waals surface area (Å²) in [5, 5.41) is 15.3. The number of aryl methyl sites for hydroxylation is 1. The largest absolute Gasteiger partial charge is 0.350 e. The lowest BCUT2D eigenvalue weighted by molar-refractivity contribution is 0.0951. The number of carbonyl (C=O) groups excluding carboxylic acids is 1. The van der Waals surface area contributed by atoms with Gasteiger partial charge in [-0.1, -0.05) is 32.0 Å². The van der Waals surface area contributed by atoms with Gasteiger partial charge in [0.1, 0.15) is 12.2 Å². The number of hydrogen-bond acceptors (Lipinski definition) is 4. The summed E-state index contributed by atoms with van der Waals surface area (Å²) in [7, 11) is 0. The number of rotatable bonds is 7. The van der Waals surface area contributed by atoms with Crippen LogP contribution in [0.5, 0.6) is 0 Å². The highest BCUT2D eigenvalue weighted by atomic mass is 16.1. The van der Waals surface area contributed by atoms with Gasteiger partial charge in [-0.05, 0) is 18.6 Å². The van der Waals surface area contributed by atoms with E-state index in [0.29, 0.717) is 18.7 Å². The Morgan fingerprint density at radius 2 is 1.96 bits per heavy atom. The second kappa shape index (κ2) is 7.74. The fraction of sp³-hybridized carbons (Fsp3) is 0.333. The Morgan fingerprint density at radius 3 is 2.68 bits per heavy atom. The number of amides is 1. The first-order valence-electron chi connectivity index (χ1n) is 8.51. The van der Waals surface area contributed by atoms with Crippen LogP contribution in [0.3, 0.4) is 0 Å². The molecule has 3 rings (SSSR count). The van der Waals surface area contributed by atoms with E-state index in [2.05, 4.69) is 20.6 Å². The van der Waals surface area contributed by atoms with Gasteiger partial charge in [0.15, 0.2) is 0 Å². The molecule has 0 radical (unpaired) electrons. The van der Waals surface area contributed by atoms with Crippen molar-refractivity contribution >= 4 is 5.91 Å². The van der Waals surface area contributed by atoms with Crippen LogP contribution >= 0.6 is 0 Å². The number of carbonyl (C=O) groups is 1. The third-order valence-corrected chi connectivity index (χ3v) is 4.10. The molecule has 2 aromatic heterocycles. The molecule has 0 aliphatic rings. The Labute approximate surface area is 146 Å². The zero-order valence-electron chi connectivity index (χ0n) is 14.5. The topological polar surface area (TPSA) is 77.6 Å². The summed E-state index contributed by atoms with van der Waals surface area (Å²) in [4.78, 5) is 12.5. The van der Waals surface area contributed by atoms with Gasteiger partial charge in [-0.2, -0.15) is 5.10 Å². The lowest BCUT2D eigenvalue weighted by atomic mass is 10.2. The highest BCUT2D eigenvalue weighted by Gasteiger charge is 2.16. The predicted octanol–water partition coefficient (Wildman–Crippen LogP) is 2.02. The number of hydrogen-bond donors (Lipinski definition) is 1. The molecule has 0 aliphatic heterocycles. The zero-order chi connectivity index (χ0) is 17.6. The second-order valence-electron chi connectivity index (χ2n) is 5.66. The Kier molecular flexibility index (Phi) is 5.23. The molecule has 7 heteroatoms. The van der Waals surface area contributed by atoms with Crippen LogP contribution in [0.4, 0.5) is 0 Å². The van der Waals surface area contributed by atoms with Crippen molar-refractivity contribution in [3.63, 3.8) is 0 Å². The van der Waals surface area contributed by atoms with Crippen LogP contribution in [0.15, 0.2) is 42.9 Å². The maximum Gasteiger partial charge on any atom is 0.254 e. The van der Waals surface area contributed by atoms with Gasteiger partial charge in [-0.15, -0.1) is 10.2 Å². The lowest BCUT2D eigenvalue weighted by Crippen LogP contribution is -2.28. The molecule has 3 aromatic rings. The normalized spacial score (nSPS) is 10.8. The summed E-state index contributed by atoms with van der Waals surface area (Å²) >= 11 is 0. The number of benzene rings is 1. The maximum atomic E-state index is 12.5. The summed E-state index contributed by atoms with van der Waals surface area (Å²) in [6.07, 6.45) is 4.87. The van der Waals surface area contributed by atoms with E-state index >= 15 is 0 Å². The second-order valence-corrected chi connectivity index (χ2v) is 5.66.